The molecule has 0 unspecified atom stereocenters. The Bertz CT molecular complexity index is 747. The first-order chi connectivity index (χ1) is 12.2. The van der Waals surface area contributed by atoms with E-state index in [2.05, 4.69) is 0 Å². The van der Waals surface area contributed by atoms with Crippen LogP contribution in [0.25, 0.3) is 0 Å². The van der Waals surface area contributed by atoms with Crippen LogP contribution in [-0.2, 0) is 14.8 Å². The van der Waals surface area contributed by atoms with E-state index in [4.69, 9.17) is 5.73 Å². The van der Waals surface area contributed by atoms with Crippen molar-refractivity contribution in [1.82, 2.24) is 9.21 Å². The lowest BCUT2D eigenvalue weighted by Gasteiger charge is -2.39. The Morgan fingerprint density at radius 3 is 2.07 bits per heavy atom. The zero-order chi connectivity index (χ0) is 19.5. The van der Waals surface area contributed by atoms with Gasteiger partial charge in [0.15, 0.2) is 0 Å². The molecule has 1 amide bonds. The summed E-state index contributed by atoms with van der Waals surface area (Å²) >= 11 is 0. The molecule has 1 heterocycles. The van der Waals surface area contributed by atoms with Crippen molar-refractivity contribution in [1.29, 1.82) is 0 Å². The van der Waals surface area contributed by atoms with E-state index in [1.807, 2.05) is 33.8 Å². The second kappa shape index (κ2) is 9.37. The van der Waals surface area contributed by atoms with Gasteiger partial charge in [-0.05, 0) is 49.9 Å². The molecule has 8 heteroatoms. The number of benzene rings is 1. The van der Waals surface area contributed by atoms with Gasteiger partial charge >= 0.3 is 0 Å². The summed E-state index contributed by atoms with van der Waals surface area (Å²) in [6.07, 6.45) is 1.39. The smallest absolute Gasteiger partial charge is 0.243 e. The fraction of sp³-hybridized carbons (Fsp3) is 0.632. The SMILES string of the molecule is CCC(CC)(CN)C(=O)N1CCN(S(=O)(=O)c2ccc(C)c(C)c2)CC1.Cl. The number of carbonyl (C=O) groups is 1. The van der Waals surface area contributed by atoms with Crippen molar-refractivity contribution in [2.75, 3.05) is 32.7 Å². The normalized spacial score (nSPS) is 16.1. The first-order valence-corrected chi connectivity index (χ1v) is 10.7. The molecule has 0 spiro atoms. The molecule has 27 heavy (non-hydrogen) atoms. The first kappa shape index (κ1) is 23.9. The molecule has 1 aromatic carbocycles. The average molecular weight is 418 g/mol. The Labute approximate surface area is 169 Å². The van der Waals surface area contributed by atoms with Crippen molar-refractivity contribution < 1.29 is 13.2 Å². The van der Waals surface area contributed by atoms with Crippen LogP contribution in [0.5, 0.6) is 0 Å². The number of hydrogen-bond acceptors (Lipinski definition) is 4. The van der Waals surface area contributed by atoms with E-state index in [0.717, 1.165) is 11.1 Å². The molecule has 0 aromatic heterocycles. The van der Waals surface area contributed by atoms with Crippen LogP contribution in [0.1, 0.15) is 37.8 Å². The molecule has 1 saturated heterocycles. The molecule has 0 saturated carbocycles. The lowest BCUT2D eigenvalue weighted by molar-refractivity contribution is -0.143. The molecule has 154 valence electrons. The first-order valence-electron chi connectivity index (χ1n) is 9.28. The van der Waals surface area contributed by atoms with Crippen LogP contribution in [-0.4, -0.2) is 56.3 Å². The van der Waals surface area contributed by atoms with E-state index in [1.54, 1.807) is 17.0 Å². The standard InChI is InChI=1S/C19H31N3O3S.ClH/c1-5-19(6-2,14-20)18(23)21-9-11-22(12-10-21)26(24,25)17-8-7-15(3)16(4)13-17;/h7-8,13H,5-6,9-12,14,20H2,1-4H3;1H. The van der Waals surface area contributed by atoms with Crippen molar-refractivity contribution in [3.8, 4) is 0 Å². The van der Waals surface area contributed by atoms with Gasteiger partial charge in [-0.2, -0.15) is 4.31 Å². The van der Waals surface area contributed by atoms with E-state index in [9.17, 15) is 13.2 Å². The van der Waals surface area contributed by atoms with Gasteiger partial charge in [-0.3, -0.25) is 4.79 Å². The zero-order valence-electron chi connectivity index (χ0n) is 16.7. The van der Waals surface area contributed by atoms with Crippen molar-refractivity contribution in [3.05, 3.63) is 29.3 Å². The van der Waals surface area contributed by atoms with Gasteiger partial charge in [0.2, 0.25) is 15.9 Å². The number of halogens is 1. The van der Waals surface area contributed by atoms with Crippen LogP contribution in [0.4, 0.5) is 0 Å². The number of rotatable bonds is 6. The molecule has 0 atom stereocenters. The molecule has 6 nitrogen and oxygen atoms in total. The topological polar surface area (TPSA) is 83.7 Å². The van der Waals surface area contributed by atoms with Crippen molar-refractivity contribution in [2.24, 2.45) is 11.1 Å². The number of nitrogens with two attached hydrogens (primary N) is 1. The Hall–Kier alpha value is -1.15. The van der Waals surface area contributed by atoms with E-state index < -0.39 is 15.4 Å². The quantitative estimate of drug-likeness (QED) is 0.769. The van der Waals surface area contributed by atoms with Gasteiger partial charge in [-0.1, -0.05) is 19.9 Å². The van der Waals surface area contributed by atoms with Gasteiger partial charge in [0.1, 0.15) is 0 Å². The molecule has 2 N–H and O–H groups in total. The zero-order valence-corrected chi connectivity index (χ0v) is 18.3. The molecular formula is C19H32ClN3O3S. The summed E-state index contributed by atoms with van der Waals surface area (Å²) in [5.41, 5.74) is 7.37. The molecular weight excluding hydrogens is 386 g/mol. The average Bonchev–Trinajstić information content (AvgIpc) is 2.65. The van der Waals surface area contributed by atoms with E-state index in [0.29, 0.717) is 50.5 Å². The number of hydrogen-bond donors (Lipinski definition) is 1. The van der Waals surface area contributed by atoms with E-state index >= 15 is 0 Å². The predicted octanol–water partition coefficient (Wildman–Crippen LogP) is 2.32. The summed E-state index contributed by atoms with van der Waals surface area (Å²) in [7, 11) is -3.53. The maximum absolute atomic E-state index is 12.9. The Kier molecular flexibility index (Phi) is 8.29. The van der Waals surface area contributed by atoms with Gasteiger partial charge in [-0.15, -0.1) is 12.4 Å². The number of nitrogens with zero attached hydrogens (tertiary/aromatic N) is 2. The summed E-state index contributed by atoms with van der Waals surface area (Å²) < 4.78 is 27.3. The molecule has 1 aliphatic rings. The fourth-order valence-corrected chi connectivity index (χ4v) is 4.93. The predicted molar refractivity (Wildman–Crippen MR) is 111 cm³/mol. The van der Waals surface area contributed by atoms with Gasteiger partial charge in [0.05, 0.1) is 10.3 Å². The minimum atomic E-state index is -3.53. The maximum Gasteiger partial charge on any atom is 0.243 e. The molecule has 0 radical (unpaired) electrons. The van der Waals surface area contributed by atoms with Crippen LogP contribution in [0.2, 0.25) is 0 Å². The third-order valence-electron chi connectivity index (χ3n) is 5.84. The van der Waals surface area contributed by atoms with Gasteiger partial charge in [0.25, 0.3) is 0 Å². The van der Waals surface area contributed by atoms with Crippen LogP contribution >= 0.6 is 12.4 Å². The van der Waals surface area contributed by atoms with Crippen LogP contribution in [0.3, 0.4) is 0 Å². The largest absolute Gasteiger partial charge is 0.340 e. The summed E-state index contributed by atoms with van der Waals surface area (Å²) in [5.74, 6) is 0.0493. The second-order valence-electron chi connectivity index (χ2n) is 7.13. The minimum Gasteiger partial charge on any atom is -0.340 e. The van der Waals surface area contributed by atoms with Gasteiger partial charge in [-0.25, -0.2) is 8.42 Å². The van der Waals surface area contributed by atoms with Crippen LogP contribution in [0, 0.1) is 19.3 Å². The monoisotopic (exact) mass is 417 g/mol. The van der Waals surface area contributed by atoms with Crippen LogP contribution < -0.4 is 5.73 Å². The highest BCUT2D eigenvalue weighted by atomic mass is 35.5. The lowest BCUT2D eigenvalue weighted by Crippen LogP contribution is -2.55. The Morgan fingerprint density at radius 1 is 1.07 bits per heavy atom. The highest BCUT2D eigenvalue weighted by Gasteiger charge is 2.39. The summed E-state index contributed by atoms with van der Waals surface area (Å²) in [5, 5.41) is 0. The molecule has 0 aliphatic carbocycles. The highest BCUT2D eigenvalue weighted by molar-refractivity contribution is 7.89. The van der Waals surface area contributed by atoms with Crippen molar-refractivity contribution in [2.45, 2.75) is 45.4 Å². The Morgan fingerprint density at radius 2 is 1.63 bits per heavy atom. The third-order valence-corrected chi connectivity index (χ3v) is 7.73. The van der Waals surface area contributed by atoms with Gasteiger partial charge in [0, 0.05) is 32.7 Å². The number of aryl methyl sites for hydroxylation is 2. The minimum absolute atomic E-state index is 0. The van der Waals surface area contributed by atoms with Gasteiger partial charge < -0.3 is 10.6 Å². The summed E-state index contributed by atoms with van der Waals surface area (Å²) in [6.45, 7) is 9.59. The fourth-order valence-electron chi connectivity index (χ4n) is 3.42. The highest BCUT2D eigenvalue weighted by Crippen LogP contribution is 2.29. The van der Waals surface area contributed by atoms with Crippen molar-refractivity contribution in [3.63, 3.8) is 0 Å². The number of piperazine rings is 1. The number of carbonyl (C=O) groups excluding carboxylic acids is 1. The second-order valence-corrected chi connectivity index (χ2v) is 9.07. The van der Waals surface area contributed by atoms with Crippen molar-refractivity contribution >= 4 is 28.3 Å². The lowest BCUT2D eigenvalue weighted by atomic mass is 9.81. The van der Waals surface area contributed by atoms with Crippen LogP contribution in [0.15, 0.2) is 23.1 Å². The molecule has 1 aliphatic heterocycles. The molecule has 1 aromatic rings. The Balaban J connectivity index is 0.00000364. The van der Waals surface area contributed by atoms with E-state index in [-0.39, 0.29) is 18.3 Å². The van der Waals surface area contributed by atoms with E-state index in [1.165, 1.54) is 4.31 Å². The maximum atomic E-state index is 12.9. The number of sulfonamides is 1. The summed E-state index contributed by atoms with van der Waals surface area (Å²) in [6, 6.07) is 5.21. The number of amides is 1. The molecule has 2 rings (SSSR count). The molecule has 1 fully saturated rings. The summed E-state index contributed by atoms with van der Waals surface area (Å²) in [4.78, 5) is 15.0. The molecule has 0 bridgehead atoms. The third kappa shape index (κ3) is 4.65.